The van der Waals surface area contributed by atoms with E-state index in [2.05, 4.69) is 11.2 Å². The van der Waals surface area contributed by atoms with Crippen LogP contribution in [-0.4, -0.2) is 20.9 Å². The van der Waals surface area contributed by atoms with E-state index in [1.54, 1.807) is 16.9 Å². The van der Waals surface area contributed by atoms with Gasteiger partial charge in [0.2, 0.25) is 0 Å². The van der Waals surface area contributed by atoms with Gasteiger partial charge in [-0.05, 0) is 18.9 Å². The SMILES string of the molecule is N#Cc1cnn2c1-c1cc(C(=O)O)sc1CCC2. The first kappa shape index (κ1) is 11.0. The number of fused-ring (bicyclic) bond motifs is 3. The van der Waals surface area contributed by atoms with Crippen LogP contribution in [0.3, 0.4) is 0 Å². The number of carboxylic acids is 1. The van der Waals surface area contributed by atoms with Gasteiger partial charge in [-0.2, -0.15) is 10.4 Å². The topological polar surface area (TPSA) is 78.9 Å². The maximum absolute atomic E-state index is 11.0. The molecule has 0 aromatic carbocycles. The van der Waals surface area contributed by atoms with Crippen molar-refractivity contribution in [3.63, 3.8) is 0 Å². The Labute approximate surface area is 107 Å². The first-order valence-corrected chi connectivity index (χ1v) is 6.34. The smallest absolute Gasteiger partial charge is 0.345 e. The lowest BCUT2D eigenvalue weighted by Crippen LogP contribution is -2.00. The summed E-state index contributed by atoms with van der Waals surface area (Å²) in [6.07, 6.45) is 3.29. The molecule has 5 nitrogen and oxygen atoms in total. The fourth-order valence-corrected chi connectivity index (χ4v) is 3.27. The van der Waals surface area contributed by atoms with Crippen molar-refractivity contribution in [3.8, 4) is 17.3 Å². The molecule has 0 saturated heterocycles. The zero-order valence-corrected chi connectivity index (χ0v) is 10.2. The number of aryl methyl sites for hydroxylation is 2. The summed E-state index contributed by atoms with van der Waals surface area (Å²) in [7, 11) is 0. The molecule has 3 rings (SSSR count). The van der Waals surface area contributed by atoms with Gasteiger partial charge in [0, 0.05) is 17.0 Å². The van der Waals surface area contributed by atoms with Crippen LogP contribution in [-0.2, 0) is 13.0 Å². The monoisotopic (exact) mass is 259 g/mol. The minimum absolute atomic E-state index is 0.318. The van der Waals surface area contributed by atoms with Gasteiger partial charge < -0.3 is 5.11 Å². The van der Waals surface area contributed by atoms with Crippen molar-refractivity contribution in [2.45, 2.75) is 19.4 Å². The molecule has 0 fully saturated rings. The van der Waals surface area contributed by atoms with Crippen LogP contribution in [0.5, 0.6) is 0 Å². The highest BCUT2D eigenvalue weighted by Crippen LogP contribution is 2.36. The predicted octanol–water partition coefficient (Wildman–Crippen LogP) is 2.13. The van der Waals surface area contributed by atoms with E-state index in [-0.39, 0.29) is 0 Å². The minimum atomic E-state index is -0.919. The van der Waals surface area contributed by atoms with Gasteiger partial charge in [-0.3, -0.25) is 4.68 Å². The molecule has 0 atom stereocenters. The number of carbonyl (C=O) groups is 1. The first-order valence-electron chi connectivity index (χ1n) is 5.53. The van der Waals surface area contributed by atoms with E-state index in [0.29, 0.717) is 10.4 Å². The number of rotatable bonds is 1. The van der Waals surface area contributed by atoms with Gasteiger partial charge in [-0.25, -0.2) is 4.79 Å². The van der Waals surface area contributed by atoms with Crippen molar-refractivity contribution in [1.29, 1.82) is 5.26 Å². The van der Waals surface area contributed by atoms with Crippen molar-refractivity contribution in [1.82, 2.24) is 9.78 Å². The lowest BCUT2D eigenvalue weighted by atomic mass is 10.1. The summed E-state index contributed by atoms with van der Waals surface area (Å²) in [6, 6.07) is 3.77. The summed E-state index contributed by atoms with van der Waals surface area (Å²) in [5.74, 6) is -0.919. The second-order valence-corrected chi connectivity index (χ2v) is 5.23. The molecule has 0 aliphatic carbocycles. The van der Waals surface area contributed by atoms with Gasteiger partial charge in [-0.1, -0.05) is 0 Å². The Morgan fingerprint density at radius 3 is 3.17 bits per heavy atom. The molecular formula is C12H9N3O2S. The van der Waals surface area contributed by atoms with Crippen LogP contribution >= 0.6 is 11.3 Å². The van der Waals surface area contributed by atoms with E-state index in [9.17, 15) is 4.79 Å². The maximum atomic E-state index is 11.0. The summed E-state index contributed by atoms with van der Waals surface area (Å²) < 4.78 is 1.79. The van der Waals surface area contributed by atoms with Crippen LogP contribution in [0.4, 0.5) is 0 Å². The van der Waals surface area contributed by atoms with Gasteiger partial charge >= 0.3 is 5.97 Å². The fourth-order valence-electron chi connectivity index (χ4n) is 2.23. The number of nitriles is 1. The number of hydrogen-bond donors (Lipinski definition) is 1. The van der Waals surface area contributed by atoms with Gasteiger partial charge in [0.05, 0.1) is 17.5 Å². The van der Waals surface area contributed by atoms with Crippen molar-refractivity contribution in [3.05, 3.63) is 27.6 Å². The van der Waals surface area contributed by atoms with Crippen LogP contribution in [0.25, 0.3) is 11.3 Å². The second-order valence-electron chi connectivity index (χ2n) is 4.10. The summed E-state index contributed by atoms with van der Waals surface area (Å²) >= 11 is 1.29. The molecule has 1 N–H and O–H groups in total. The second kappa shape index (κ2) is 3.96. The molecule has 3 heterocycles. The minimum Gasteiger partial charge on any atom is -0.477 e. The number of aromatic nitrogens is 2. The summed E-state index contributed by atoms with van der Waals surface area (Å²) in [5, 5.41) is 22.3. The molecule has 1 aliphatic heterocycles. The zero-order chi connectivity index (χ0) is 12.7. The average molecular weight is 259 g/mol. The van der Waals surface area contributed by atoms with Crippen LogP contribution in [0.2, 0.25) is 0 Å². The van der Waals surface area contributed by atoms with E-state index in [0.717, 1.165) is 35.5 Å². The van der Waals surface area contributed by atoms with E-state index in [1.807, 2.05) is 0 Å². The molecule has 0 radical (unpaired) electrons. The highest BCUT2D eigenvalue weighted by Gasteiger charge is 2.23. The molecule has 2 aromatic rings. The molecule has 0 amide bonds. The van der Waals surface area contributed by atoms with Crippen LogP contribution < -0.4 is 0 Å². The van der Waals surface area contributed by atoms with Gasteiger partial charge in [-0.15, -0.1) is 11.3 Å². The van der Waals surface area contributed by atoms with Crippen LogP contribution in [0, 0.1) is 11.3 Å². The van der Waals surface area contributed by atoms with Gasteiger partial charge in [0.25, 0.3) is 0 Å². The molecule has 1 aliphatic rings. The Bertz CT molecular complexity index is 678. The number of aromatic carboxylic acids is 1. The average Bonchev–Trinajstić information content (AvgIpc) is 2.90. The van der Waals surface area contributed by atoms with Crippen molar-refractivity contribution in [2.24, 2.45) is 0 Å². The molecular weight excluding hydrogens is 250 g/mol. The maximum Gasteiger partial charge on any atom is 0.345 e. The molecule has 90 valence electrons. The van der Waals surface area contributed by atoms with E-state index in [1.165, 1.54) is 11.3 Å². The normalized spacial score (nSPS) is 13.3. The Kier molecular flexibility index (Phi) is 2.42. The van der Waals surface area contributed by atoms with Crippen molar-refractivity contribution < 1.29 is 9.90 Å². The molecule has 0 spiro atoms. The molecule has 2 aromatic heterocycles. The largest absolute Gasteiger partial charge is 0.477 e. The Balaban J connectivity index is 2.26. The third-order valence-electron chi connectivity index (χ3n) is 3.01. The van der Waals surface area contributed by atoms with Gasteiger partial charge in [0.15, 0.2) is 0 Å². The quantitative estimate of drug-likeness (QED) is 0.850. The van der Waals surface area contributed by atoms with Crippen molar-refractivity contribution >= 4 is 17.3 Å². The van der Waals surface area contributed by atoms with Crippen molar-refractivity contribution in [2.75, 3.05) is 0 Å². The van der Waals surface area contributed by atoms with E-state index in [4.69, 9.17) is 10.4 Å². The Morgan fingerprint density at radius 1 is 1.61 bits per heavy atom. The molecule has 0 saturated carbocycles. The lowest BCUT2D eigenvalue weighted by Gasteiger charge is -2.02. The molecule has 0 bridgehead atoms. The number of nitrogens with zero attached hydrogens (tertiary/aromatic N) is 3. The van der Waals surface area contributed by atoms with E-state index < -0.39 is 5.97 Å². The molecule has 0 unspecified atom stereocenters. The third-order valence-corrected chi connectivity index (χ3v) is 4.19. The third kappa shape index (κ3) is 1.52. The van der Waals surface area contributed by atoms with Crippen LogP contribution in [0.15, 0.2) is 12.3 Å². The number of hydrogen-bond acceptors (Lipinski definition) is 4. The predicted molar refractivity (Wildman–Crippen MR) is 65.5 cm³/mol. The highest BCUT2D eigenvalue weighted by atomic mass is 32.1. The summed E-state index contributed by atoms with van der Waals surface area (Å²) in [4.78, 5) is 12.4. The van der Waals surface area contributed by atoms with Gasteiger partial charge in [0.1, 0.15) is 10.9 Å². The molecule has 6 heteroatoms. The first-order chi connectivity index (χ1) is 8.70. The lowest BCUT2D eigenvalue weighted by molar-refractivity contribution is 0.0702. The summed E-state index contributed by atoms with van der Waals surface area (Å²) in [6.45, 7) is 0.765. The number of carboxylic acid groups (broad SMARTS) is 1. The van der Waals surface area contributed by atoms with E-state index >= 15 is 0 Å². The zero-order valence-electron chi connectivity index (χ0n) is 9.38. The van der Waals surface area contributed by atoms with Crippen LogP contribution in [0.1, 0.15) is 26.5 Å². The highest BCUT2D eigenvalue weighted by molar-refractivity contribution is 7.14. The fraction of sp³-hybridized carbons (Fsp3) is 0.250. The molecule has 18 heavy (non-hydrogen) atoms. The number of thiophene rings is 1. The standard InChI is InChI=1S/C12H9N3O2S/c13-5-7-6-14-15-3-1-2-9-8(11(7)15)4-10(18-9)12(16)17/h4,6H,1-3H2,(H,16,17). The summed E-state index contributed by atoms with van der Waals surface area (Å²) in [5.41, 5.74) is 2.12. The Morgan fingerprint density at radius 2 is 2.44 bits per heavy atom. The Hall–Kier alpha value is -2.13.